The van der Waals surface area contributed by atoms with Crippen molar-refractivity contribution in [2.24, 2.45) is 5.10 Å². The number of para-hydroxylation sites is 2. The molecule has 148 valence electrons. The summed E-state index contributed by atoms with van der Waals surface area (Å²) in [5.74, 6) is 0.372. The highest BCUT2D eigenvalue weighted by Crippen LogP contribution is 2.19. The van der Waals surface area contributed by atoms with Crippen molar-refractivity contribution >= 4 is 29.6 Å². The lowest BCUT2D eigenvalue weighted by molar-refractivity contribution is -0.385. The zero-order valence-corrected chi connectivity index (χ0v) is 16.0. The standard InChI is InChI=1S/C18H17N7O3S/c26-17(20-19-13-14-7-4-5-10-16(14)25(27)28)11-6-12-29-18-21-22-23-24(18)15-8-2-1-3-9-15/h1-5,7-10,13H,6,11-12H2,(H,20,26)/b19-13+. The molecule has 2 aromatic carbocycles. The van der Waals surface area contributed by atoms with Crippen molar-refractivity contribution in [2.75, 3.05) is 5.75 Å². The van der Waals surface area contributed by atoms with Gasteiger partial charge in [-0.25, -0.2) is 5.43 Å². The van der Waals surface area contributed by atoms with E-state index in [1.807, 2.05) is 30.3 Å². The smallest absolute Gasteiger partial charge is 0.273 e. The zero-order chi connectivity index (χ0) is 20.5. The summed E-state index contributed by atoms with van der Waals surface area (Å²) in [7, 11) is 0. The lowest BCUT2D eigenvalue weighted by Gasteiger charge is -2.03. The lowest BCUT2D eigenvalue weighted by Crippen LogP contribution is -2.17. The molecule has 11 heteroatoms. The Hall–Kier alpha value is -3.60. The first kappa shape index (κ1) is 20.1. The van der Waals surface area contributed by atoms with Gasteiger partial charge in [-0.15, -0.1) is 5.10 Å². The normalized spacial score (nSPS) is 10.9. The minimum absolute atomic E-state index is 0.0713. The first-order chi connectivity index (χ1) is 14.1. The Balaban J connectivity index is 1.44. The Bertz CT molecular complexity index is 1010. The van der Waals surface area contributed by atoms with Crippen LogP contribution in [0.3, 0.4) is 0 Å². The molecule has 3 aromatic rings. The second-order valence-corrected chi connectivity index (χ2v) is 6.83. The van der Waals surface area contributed by atoms with Crippen LogP contribution in [-0.2, 0) is 4.79 Å². The summed E-state index contributed by atoms with van der Waals surface area (Å²) in [5.41, 5.74) is 3.49. The lowest BCUT2D eigenvalue weighted by atomic mass is 10.2. The summed E-state index contributed by atoms with van der Waals surface area (Å²) in [6.07, 6.45) is 2.12. The number of aromatic nitrogens is 4. The van der Waals surface area contributed by atoms with E-state index >= 15 is 0 Å². The number of hydrogen-bond acceptors (Lipinski definition) is 8. The van der Waals surface area contributed by atoms with E-state index in [9.17, 15) is 14.9 Å². The van der Waals surface area contributed by atoms with Crippen molar-refractivity contribution < 1.29 is 9.72 Å². The minimum atomic E-state index is -0.497. The third kappa shape index (κ3) is 5.69. The van der Waals surface area contributed by atoms with Crippen molar-refractivity contribution in [3.05, 3.63) is 70.3 Å². The van der Waals surface area contributed by atoms with Crippen molar-refractivity contribution in [3.63, 3.8) is 0 Å². The second-order valence-electron chi connectivity index (χ2n) is 5.77. The molecular weight excluding hydrogens is 394 g/mol. The van der Waals surface area contributed by atoms with Gasteiger partial charge in [-0.05, 0) is 35.0 Å². The first-order valence-electron chi connectivity index (χ1n) is 8.67. The molecule has 3 rings (SSSR count). The summed E-state index contributed by atoms with van der Waals surface area (Å²) in [4.78, 5) is 22.3. The molecule has 0 aliphatic carbocycles. The number of nitrogens with zero attached hydrogens (tertiary/aromatic N) is 6. The van der Waals surface area contributed by atoms with Crippen molar-refractivity contribution in [1.29, 1.82) is 0 Å². The molecule has 0 saturated heterocycles. The van der Waals surface area contributed by atoms with E-state index in [1.165, 1.54) is 24.0 Å². The SMILES string of the molecule is O=C(CCCSc1nnnn1-c1ccccc1)N/N=C/c1ccccc1[N+](=O)[O-]. The highest BCUT2D eigenvalue weighted by molar-refractivity contribution is 7.99. The number of tetrazole rings is 1. The number of rotatable bonds is 9. The van der Waals surface area contributed by atoms with Crippen molar-refractivity contribution in [1.82, 2.24) is 25.6 Å². The molecular formula is C18H17N7O3S. The number of nitrogens with one attached hydrogen (secondary N) is 1. The third-order valence-corrected chi connectivity index (χ3v) is 4.75. The number of benzene rings is 2. The Morgan fingerprint density at radius 3 is 2.76 bits per heavy atom. The van der Waals surface area contributed by atoms with Gasteiger partial charge in [0, 0.05) is 18.2 Å². The average molecular weight is 411 g/mol. The second kappa shape index (κ2) is 10.1. The molecule has 29 heavy (non-hydrogen) atoms. The number of nitro groups is 1. The maximum Gasteiger partial charge on any atom is 0.278 e. The van der Waals surface area contributed by atoms with Gasteiger partial charge in [0.1, 0.15) is 0 Å². The fourth-order valence-corrected chi connectivity index (χ4v) is 3.22. The predicted octanol–water partition coefficient (Wildman–Crippen LogP) is 2.59. The van der Waals surface area contributed by atoms with Gasteiger partial charge in [0.25, 0.3) is 5.69 Å². The molecule has 0 spiro atoms. The Morgan fingerprint density at radius 2 is 1.97 bits per heavy atom. The summed E-state index contributed by atoms with van der Waals surface area (Å²) < 4.78 is 1.64. The third-order valence-electron chi connectivity index (χ3n) is 3.75. The van der Waals surface area contributed by atoms with E-state index in [0.717, 1.165) is 5.69 Å². The molecule has 1 heterocycles. The van der Waals surface area contributed by atoms with Gasteiger partial charge in [-0.3, -0.25) is 14.9 Å². The van der Waals surface area contributed by atoms with Gasteiger partial charge in [-0.1, -0.05) is 42.1 Å². The van der Waals surface area contributed by atoms with Crippen LogP contribution in [0.5, 0.6) is 0 Å². The molecule has 1 amide bonds. The van der Waals surface area contributed by atoms with E-state index in [1.54, 1.807) is 22.9 Å². The van der Waals surface area contributed by atoms with E-state index in [0.29, 0.717) is 22.9 Å². The molecule has 0 saturated carbocycles. The average Bonchev–Trinajstić information content (AvgIpc) is 3.21. The molecule has 0 atom stereocenters. The molecule has 0 bridgehead atoms. The highest BCUT2D eigenvalue weighted by Gasteiger charge is 2.11. The van der Waals surface area contributed by atoms with Gasteiger partial charge >= 0.3 is 0 Å². The van der Waals surface area contributed by atoms with Crippen molar-refractivity contribution in [3.8, 4) is 5.69 Å². The van der Waals surface area contributed by atoms with Crippen LogP contribution in [0.2, 0.25) is 0 Å². The summed E-state index contributed by atoms with van der Waals surface area (Å²) >= 11 is 1.45. The van der Waals surface area contributed by atoms with Crippen LogP contribution in [0.25, 0.3) is 5.69 Å². The van der Waals surface area contributed by atoms with E-state index in [4.69, 9.17) is 0 Å². The number of carbonyl (C=O) groups excluding carboxylic acids is 1. The Morgan fingerprint density at radius 1 is 1.21 bits per heavy atom. The topological polar surface area (TPSA) is 128 Å². The van der Waals surface area contributed by atoms with Gasteiger partial charge in [0.05, 0.1) is 22.4 Å². The molecule has 10 nitrogen and oxygen atoms in total. The number of hydrogen-bond donors (Lipinski definition) is 1. The quantitative estimate of drug-likeness (QED) is 0.188. The fraction of sp³-hybridized carbons (Fsp3) is 0.167. The molecule has 0 radical (unpaired) electrons. The number of nitro benzene ring substituents is 1. The van der Waals surface area contributed by atoms with E-state index < -0.39 is 4.92 Å². The van der Waals surface area contributed by atoms with Crippen LogP contribution >= 0.6 is 11.8 Å². The highest BCUT2D eigenvalue weighted by atomic mass is 32.2. The molecule has 0 fully saturated rings. The number of hydrazone groups is 1. The van der Waals surface area contributed by atoms with Crippen LogP contribution in [0.4, 0.5) is 5.69 Å². The van der Waals surface area contributed by atoms with Crippen LogP contribution in [0.15, 0.2) is 64.9 Å². The Kier molecular flexibility index (Phi) is 7.00. The molecule has 0 aliphatic rings. The van der Waals surface area contributed by atoms with Crippen LogP contribution in [0.1, 0.15) is 18.4 Å². The van der Waals surface area contributed by atoms with Crippen molar-refractivity contribution in [2.45, 2.75) is 18.0 Å². The van der Waals surface area contributed by atoms with Gasteiger partial charge in [0.15, 0.2) is 0 Å². The maximum absolute atomic E-state index is 11.9. The Labute approximate surface area is 170 Å². The van der Waals surface area contributed by atoms with Gasteiger partial charge in [-0.2, -0.15) is 9.78 Å². The summed E-state index contributed by atoms with van der Waals surface area (Å²) in [5, 5.41) is 27.1. The van der Waals surface area contributed by atoms with Crippen LogP contribution < -0.4 is 5.43 Å². The fourth-order valence-electron chi connectivity index (χ4n) is 2.39. The maximum atomic E-state index is 11.9. The number of carbonyl (C=O) groups is 1. The molecule has 1 aromatic heterocycles. The first-order valence-corrected chi connectivity index (χ1v) is 9.65. The van der Waals surface area contributed by atoms with Crippen LogP contribution in [-0.4, -0.2) is 43.0 Å². The van der Waals surface area contributed by atoms with Gasteiger partial charge < -0.3 is 0 Å². The zero-order valence-electron chi connectivity index (χ0n) is 15.2. The molecule has 0 aliphatic heterocycles. The number of thioether (sulfide) groups is 1. The van der Waals surface area contributed by atoms with Crippen LogP contribution in [0, 0.1) is 10.1 Å². The summed E-state index contributed by atoms with van der Waals surface area (Å²) in [6, 6.07) is 15.7. The number of amides is 1. The van der Waals surface area contributed by atoms with Gasteiger partial charge in [0.2, 0.25) is 11.1 Å². The van der Waals surface area contributed by atoms with E-state index in [-0.39, 0.29) is 18.0 Å². The largest absolute Gasteiger partial charge is 0.278 e. The molecule has 0 unspecified atom stereocenters. The molecule has 1 N–H and O–H groups in total. The minimum Gasteiger partial charge on any atom is -0.273 e. The monoisotopic (exact) mass is 411 g/mol. The summed E-state index contributed by atoms with van der Waals surface area (Å²) in [6.45, 7) is 0. The van der Waals surface area contributed by atoms with E-state index in [2.05, 4.69) is 26.1 Å². The predicted molar refractivity (Wildman–Crippen MR) is 108 cm³/mol.